The number of benzene rings is 1. The molecule has 1 fully saturated rings. The standard InChI is InChI=1S/C19H21BrFN3O2/c1-14-11-23(12-15-2-5-17(21)6-3-15)8-9-24(14)19(25)13-26-18-7-4-16(20)10-22-18/h2-7,10,14H,8-9,11-13H2,1H3/t14-/m1/s1. The molecule has 0 unspecified atom stereocenters. The van der Waals surface area contributed by atoms with Crippen molar-refractivity contribution in [2.24, 2.45) is 0 Å². The molecule has 0 N–H and O–H groups in total. The van der Waals surface area contributed by atoms with Gasteiger partial charge in [0.15, 0.2) is 6.61 Å². The highest BCUT2D eigenvalue weighted by atomic mass is 79.9. The summed E-state index contributed by atoms with van der Waals surface area (Å²) in [4.78, 5) is 20.7. The average molecular weight is 422 g/mol. The average Bonchev–Trinajstić information content (AvgIpc) is 2.63. The molecule has 3 rings (SSSR count). The smallest absolute Gasteiger partial charge is 0.260 e. The largest absolute Gasteiger partial charge is 0.468 e. The summed E-state index contributed by atoms with van der Waals surface area (Å²) in [7, 11) is 0. The van der Waals surface area contributed by atoms with Crippen molar-refractivity contribution < 1.29 is 13.9 Å². The molecule has 1 amide bonds. The van der Waals surface area contributed by atoms with Gasteiger partial charge in [-0.3, -0.25) is 9.69 Å². The highest BCUT2D eigenvalue weighted by Crippen LogP contribution is 2.15. The number of hydrogen-bond acceptors (Lipinski definition) is 4. The van der Waals surface area contributed by atoms with Crippen LogP contribution in [0, 0.1) is 5.82 Å². The normalized spacial score (nSPS) is 18.0. The lowest BCUT2D eigenvalue weighted by atomic mass is 10.1. The maximum absolute atomic E-state index is 13.0. The van der Waals surface area contributed by atoms with E-state index in [1.165, 1.54) is 12.1 Å². The first-order valence-electron chi connectivity index (χ1n) is 8.52. The van der Waals surface area contributed by atoms with Gasteiger partial charge < -0.3 is 9.64 Å². The summed E-state index contributed by atoms with van der Waals surface area (Å²) in [5.41, 5.74) is 1.07. The summed E-state index contributed by atoms with van der Waals surface area (Å²) in [5.74, 6) is 0.172. The fraction of sp³-hybridized carbons (Fsp3) is 0.368. The molecule has 2 heterocycles. The third-order valence-electron chi connectivity index (χ3n) is 4.40. The van der Waals surface area contributed by atoms with E-state index < -0.39 is 0 Å². The Hall–Kier alpha value is -1.99. The van der Waals surface area contributed by atoms with E-state index in [1.807, 2.05) is 17.9 Å². The maximum atomic E-state index is 13.0. The summed E-state index contributed by atoms with van der Waals surface area (Å²) in [6.45, 7) is 4.98. The highest BCUT2D eigenvalue weighted by Gasteiger charge is 2.27. The van der Waals surface area contributed by atoms with E-state index in [-0.39, 0.29) is 24.4 Å². The molecule has 2 aromatic rings. The topological polar surface area (TPSA) is 45.7 Å². The predicted molar refractivity (Wildman–Crippen MR) is 100 cm³/mol. The molecule has 1 aromatic carbocycles. The van der Waals surface area contributed by atoms with Crippen LogP contribution in [0.5, 0.6) is 5.88 Å². The van der Waals surface area contributed by atoms with Crippen LogP contribution in [0.15, 0.2) is 47.1 Å². The molecule has 0 aliphatic carbocycles. The monoisotopic (exact) mass is 421 g/mol. The Morgan fingerprint density at radius 3 is 2.69 bits per heavy atom. The molecule has 1 atom stereocenters. The van der Waals surface area contributed by atoms with Crippen LogP contribution in [0.4, 0.5) is 4.39 Å². The van der Waals surface area contributed by atoms with Crippen molar-refractivity contribution in [2.75, 3.05) is 26.2 Å². The Labute approximate surface area is 160 Å². The molecule has 0 spiro atoms. The van der Waals surface area contributed by atoms with Crippen molar-refractivity contribution in [3.05, 3.63) is 58.4 Å². The Morgan fingerprint density at radius 1 is 1.27 bits per heavy atom. The van der Waals surface area contributed by atoms with Crippen molar-refractivity contribution in [1.29, 1.82) is 0 Å². The Morgan fingerprint density at radius 2 is 2.04 bits per heavy atom. The summed E-state index contributed by atoms with van der Waals surface area (Å²) in [5, 5.41) is 0. The zero-order valence-electron chi connectivity index (χ0n) is 14.6. The fourth-order valence-corrected chi connectivity index (χ4v) is 3.30. The van der Waals surface area contributed by atoms with Gasteiger partial charge in [-0.25, -0.2) is 9.37 Å². The van der Waals surface area contributed by atoms with Gasteiger partial charge in [-0.2, -0.15) is 0 Å². The van der Waals surface area contributed by atoms with Crippen molar-refractivity contribution in [3.63, 3.8) is 0 Å². The minimum Gasteiger partial charge on any atom is -0.468 e. The van der Waals surface area contributed by atoms with Gasteiger partial charge in [-0.05, 0) is 46.6 Å². The van der Waals surface area contributed by atoms with Crippen molar-refractivity contribution in [1.82, 2.24) is 14.8 Å². The molecule has 0 radical (unpaired) electrons. The summed E-state index contributed by atoms with van der Waals surface area (Å²) < 4.78 is 19.4. The molecule has 26 heavy (non-hydrogen) atoms. The Kier molecular flexibility index (Phi) is 6.21. The van der Waals surface area contributed by atoms with E-state index in [0.29, 0.717) is 12.4 Å². The maximum Gasteiger partial charge on any atom is 0.260 e. The number of pyridine rings is 1. The third kappa shape index (κ3) is 5.02. The van der Waals surface area contributed by atoms with Crippen molar-refractivity contribution in [3.8, 4) is 5.88 Å². The molecule has 7 heteroatoms. The first-order valence-corrected chi connectivity index (χ1v) is 9.31. The van der Waals surface area contributed by atoms with Crippen LogP contribution < -0.4 is 4.74 Å². The van der Waals surface area contributed by atoms with Gasteiger partial charge in [-0.15, -0.1) is 0 Å². The highest BCUT2D eigenvalue weighted by molar-refractivity contribution is 9.10. The molecule has 138 valence electrons. The van der Waals surface area contributed by atoms with Crippen molar-refractivity contribution in [2.45, 2.75) is 19.5 Å². The van der Waals surface area contributed by atoms with Gasteiger partial charge in [0.2, 0.25) is 5.88 Å². The minimum absolute atomic E-state index is 0.0169. The second-order valence-electron chi connectivity index (χ2n) is 6.40. The van der Waals surface area contributed by atoms with Crippen LogP contribution in [-0.2, 0) is 11.3 Å². The lowest BCUT2D eigenvalue weighted by molar-refractivity contribution is -0.138. The SMILES string of the molecule is C[C@@H]1CN(Cc2ccc(F)cc2)CCN1C(=O)COc1ccc(Br)cn1. The lowest BCUT2D eigenvalue weighted by Crippen LogP contribution is -2.54. The minimum atomic E-state index is -0.224. The van der Waals surface area contributed by atoms with Gasteiger partial charge in [0.25, 0.3) is 5.91 Å². The van der Waals surface area contributed by atoms with Crippen LogP contribution >= 0.6 is 15.9 Å². The van der Waals surface area contributed by atoms with E-state index in [0.717, 1.165) is 29.7 Å². The molecule has 1 aliphatic heterocycles. The van der Waals surface area contributed by atoms with Crippen molar-refractivity contribution >= 4 is 21.8 Å². The van der Waals surface area contributed by atoms with E-state index in [1.54, 1.807) is 24.4 Å². The molecule has 1 aliphatic rings. The fourth-order valence-electron chi connectivity index (χ4n) is 3.06. The van der Waals surface area contributed by atoms with Crippen LogP contribution in [0.3, 0.4) is 0 Å². The number of rotatable bonds is 5. The second kappa shape index (κ2) is 8.60. The molecule has 0 saturated carbocycles. The third-order valence-corrected chi connectivity index (χ3v) is 4.86. The van der Waals surface area contributed by atoms with E-state index in [2.05, 4.69) is 25.8 Å². The Bertz CT molecular complexity index is 739. The zero-order valence-corrected chi connectivity index (χ0v) is 16.2. The lowest BCUT2D eigenvalue weighted by Gasteiger charge is -2.39. The van der Waals surface area contributed by atoms with E-state index in [4.69, 9.17) is 4.74 Å². The number of carbonyl (C=O) groups excluding carboxylic acids is 1. The number of piperazine rings is 1. The molecule has 5 nitrogen and oxygen atoms in total. The number of aromatic nitrogens is 1. The van der Waals surface area contributed by atoms with E-state index >= 15 is 0 Å². The first kappa shape index (κ1) is 18.8. The number of amides is 1. The second-order valence-corrected chi connectivity index (χ2v) is 7.32. The van der Waals surface area contributed by atoms with Crippen LogP contribution in [-0.4, -0.2) is 53.0 Å². The molecule has 1 saturated heterocycles. The van der Waals surface area contributed by atoms with Gasteiger partial charge in [0.05, 0.1) is 0 Å². The van der Waals surface area contributed by atoms with Gasteiger partial charge in [0, 0.05) is 49.0 Å². The quantitative estimate of drug-likeness (QED) is 0.743. The number of hydrogen-bond donors (Lipinski definition) is 0. The predicted octanol–water partition coefficient (Wildman–Crippen LogP) is 3.09. The van der Waals surface area contributed by atoms with Gasteiger partial charge in [0.1, 0.15) is 5.82 Å². The number of halogens is 2. The first-order chi connectivity index (χ1) is 12.5. The van der Waals surface area contributed by atoms with Crippen LogP contribution in [0.1, 0.15) is 12.5 Å². The van der Waals surface area contributed by atoms with E-state index in [9.17, 15) is 9.18 Å². The number of carbonyl (C=O) groups is 1. The zero-order chi connectivity index (χ0) is 18.5. The summed E-state index contributed by atoms with van der Waals surface area (Å²) in [6.07, 6.45) is 1.64. The van der Waals surface area contributed by atoms with Gasteiger partial charge >= 0.3 is 0 Å². The summed E-state index contributed by atoms with van der Waals surface area (Å²) in [6, 6.07) is 10.2. The van der Waals surface area contributed by atoms with Crippen LogP contribution in [0.25, 0.3) is 0 Å². The van der Waals surface area contributed by atoms with Gasteiger partial charge in [-0.1, -0.05) is 12.1 Å². The molecular formula is C19H21BrFN3O2. The number of ether oxygens (including phenoxy) is 1. The Balaban J connectivity index is 1.49. The summed E-state index contributed by atoms with van der Waals surface area (Å²) >= 11 is 3.31. The van der Waals surface area contributed by atoms with Crippen LogP contribution in [0.2, 0.25) is 0 Å². The molecular weight excluding hydrogens is 401 g/mol. The number of nitrogens with zero attached hydrogens (tertiary/aromatic N) is 3. The molecule has 1 aromatic heterocycles. The molecule has 0 bridgehead atoms.